The maximum absolute atomic E-state index is 10.5. The number of aliphatic hydroxyl groups excluding tert-OH is 2. The normalized spacial score (nSPS) is 23.2. The van der Waals surface area contributed by atoms with Gasteiger partial charge in [-0.2, -0.15) is 0 Å². The van der Waals surface area contributed by atoms with Crippen LogP contribution in [0.2, 0.25) is 0 Å². The molecule has 5 atom stereocenters. The summed E-state index contributed by atoms with van der Waals surface area (Å²) in [5.74, 6) is 1.67. The van der Waals surface area contributed by atoms with Gasteiger partial charge in [-0.05, 0) is 44.0 Å². The Morgan fingerprint density at radius 1 is 0.839 bits per heavy atom. The van der Waals surface area contributed by atoms with E-state index in [-0.39, 0.29) is 0 Å². The maximum atomic E-state index is 10.5. The van der Waals surface area contributed by atoms with E-state index in [9.17, 15) is 10.2 Å². The topological polar surface area (TPSA) is 67.8 Å². The molecule has 2 aromatic rings. The van der Waals surface area contributed by atoms with Crippen LogP contribution in [0.4, 0.5) is 0 Å². The zero-order valence-corrected chi connectivity index (χ0v) is 19.0. The largest absolute Gasteiger partial charge is 0.490 e. The van der Waals surface area contributed by atoms with Gasteiger partial charge in [0, 0.05) is 0 Å². The first kappa shape index (κ1) is 23.5. The maximum Gasteiger partial charge on any atom is 0.137 e. The van der Waals surface area contributed by atoms with Crippen LogP contribution in [0.25, 0.3) is 0 Å². The van der Waals surface area contributed by atoms with Gasteiger partial charge in [-0.25, -0.2) is 0 Å². The molecule has 0 saturated carbocycles. The number of ether oxygens (including phenoxy) is 2. The molecule has 6 nitrogen and oxygen atoms in total. The van der Waals surface area contributed by atoms with Gasteiger partial charge in [0.15, 0.2) is 0 Å². The Balaban J connectivity index is 1.37. The van der Waals surface area contributed by atoms with Crippen LogP contribution in [0.5, 0.6) is 11.5 Å². The summed E-state index contributed by atoms with van der Waals surface area (Å²) in [7, 11) is 0. The van der Waals surface area contributed by atoms with E-state index < -0.39 is 12.2 Å². The van der Waals surface area contributed by atoms with Crippen molar-refractivity contribution in [1.82, 2.24) is 0 Å². The number of nitrogens with one attached hydrogen (secondary N) is 2. The number of aliphatic hydroxyl groups is 2. The van der Waals surface area contributed by atoms with Crippen molar-refractivity contribution in [3.8, 4) is 11.5 Å². The first-order chi connectivity index (χ1) is 14.9. The molecule has 3 rings (SSSR count). The molecule has 170 valence electrons. The summed E-state index contributed by atoms with van der Waals surface area (Å²) in [6, 6.07) is 16.2. The van der Waals surface area contributed by atoms with Crippen molar-refractivity contribution in [2.75, 3.05) is 45.9 Å². The lowest BCUT2D eigenvalue weighted by molar-refractivity contribution is -1.03. The van der Waals surface area contributed by atoms with Crippen LogP contribution in [0.1, 0.15) is 18.1 Å². The number of quaternary nitrogens is 2. The van der Waals surface area contributed by atoms with E-state index >= 15 is 0 Å². The highest BCUT2D eigenvalue weighted by Crippen LogP contribution is 2.16. The third-order valence-corrected chi connectivity index (χ3v) is 6.16. The van der Waals surface area contributed by atoms with Gasteiger partial charge in [0.25, 0.3) is 0 Å². The summed E-state index contributed by atoms with van der Waals surface area (Å²) in [5.41, 5.74) is 2.16. The zero-order chi connectivity index (χ0) is 22.2. The Hall–Kier alpha value is -2.12. The number of hydrogen-bond donors (Lipinski definition) is 4. The standard InChI is InChI=1S/C25H36N2O4/c1-19-8-4-6-10-24(19)30-17-22(28)15-26-12-13-27(21(3)14-26)16-23(29)18-31-25-11-7-5-9-20(25)2/h4-11,21-23,28-29H,12-18H2,1-3H3/p+2/t21-,22+,23+/m1/s1. The molecule has 1 aliphatic rings. The molecule has 1 aliphatic heterocycles. The summed E-state index contributed by atoms with van der Waals surface area (Å²) in [6.07, 6.45) is -0.983. The molecule has 4 N–H and O–H groups in total. The molecule has 1 fully saturated rings. The average molecular weight is 431 g/mol. The highest BCUT2D eigenvalue weighted by molar-refractivity contribution is 5.32. The third-order valence-electron chi connectivity index (χ3n) is 6.16. The predicted molar refractivity (Wildman–Crippen MR) is 121 cm³/mol. The first-order valence-corrected chi connectivity index (χ1v) is 11.3. The fraction of sp³-hybridized carbons (Fsp3) is 0.520. The lowest BCUT2D eigenvalue weighted by Crippen LogP contribution is -3.31. The summed E-state index contributed by atoms with van der Waals surface area (Å²) in [6.45, 7) is 11.2. The van der Waals surface area contributed by atoms with Crippen LogP contribution in [-0.4, -0.2) is 74.4 Å². The number of piperazine rings is 1. The van der Waals surface area contributed by atoms with Crippen molar-refractivity contribution in [3.63, 3.8) is 0 Å². The van der Waals surface area contributed by atoms with Crippen LogP contribution in [-0.2, 0) is 0 Å². The monoisotopic (exact) mass is 430 g/mol. The molecule has 0 radical (unpaired) electrons. The van der Waals surface area contributed by atoms with Crippen molar-refractivity contribution in [2.24, 2.45) is 0 Å². The summed E-state index contributed by atoms with van der Waals surface area (Å²) >= 11 is 0. The smallest absolute Gasteiger partial charge is 0.137 e. The highest BCUT2D eigenvalue weighted by atomic mass is 16.5. The van der Waals surface area contributed by atoms with Gasteiger partial charge in [-0.15, -0.1) is 0 Å². The molecular weight excluding hydrogens is 392 g/mol. The molecule has 0 aromatic heterocycles. The fourth-order valence-corrected chi connectivity index (χ4v) is 4.31. The van der Waals surface area contributed by atoms with Crippen molar-refractivity contribution >= 4 is 0 Å². The van der Waals surface area contributed by atoms with E-state index in [0.29, 0.717) is 32.3 Å². The van der Waals surface area contributed by atoms with E-state index in [4.69, 9.17) is 9.47 Å². The van der Waals surface area contributed by atoms with Crippen LogP contribution in [0.15, 0.2) is 48.5 Å². The third kappa shape index (κ3) is 7.21. The van der Waals surface area contributed by atoms with Crippen molar-refractivity contribution in [1.29, 1.82) is 0 Å². The molecule has 0 aliphatic carbocycles. The van der Waals surface area contributed by atoms with Gasteiger partial charge in [0.05, 0.1) is 0 Å². The number of rotatable bonds is 10. The fourth-order valence-electron chi connectivity index (χ4n) is 4.31. The summed E-state index contributed by atoms with van der Waals surface area (Å²) in [4.78, 5) is 2.79. The highest BCUT2D eigenvalue weighted by Gasteiger charge is 2.32. The predicted octanol–water partition coefficient (Wildman–Crippen LogP) is -0.345. The molecule has 0 bridgehead atoms. The van der Waals surface area contributed by atoms with Crippen LogP contribution in [0.3, 0.4) is 0 Å². The van der Waals surface area contributed by atoms with Crippen molar-refractivity contribution in [2.45, 2.75) is 39.0 Å². The van der Waals surface area contributed by atoms with Gasteiger partial charge in [0.2, 0.25) is 0 Å². The van der Waals surface area contributed by atoms with Gasteiger partial charge >= 0.3 is 0 Å². The van der Waals surface area contributed by atoms with Gasteiger partial charge in [-0.1, -0.05) is 36.4 Å². The average Bonchev–Trinajstić information content (AvgIpc) is 2.74. The second-order valence-electron chi connectivity index (χ2n) is 8.88. The Morgan fingerprint density at radius 3 is 1.87 bits per heavy atom. The quantitative estimate of drug-likeness (QED) is 0.416. The summed E-state index contributed by atoms with van der Waals surface area (Å²) < 4.78 is 11.6. The minimum Gasteiger partial charge on any atom is -0.490 e. The molecule has 2 aromatic carbocycles. The Kier molecular flexibility index (Phi) is 8.72. The van der Waals surface area contributed by atoms with Gasteiger partial charge < -0.3 is 29.5 Å². The van der Waals surface area contributed by atoms with E-state index in [2.05, 4.69) is 6.92 Å². The van der Waals surface area contributed by atoms with E-state index in [0.717, 1.165) is 42.3 Å². The molecule has 0 spiro atoms. The zero-order valence-electron chi connectivity index (χ0n) is 19.0. The molecular formula is C25H38N2O4+2. The second kappa shape index (κ2) is 11.5. The van der Waals surface area contributed by atoms with E-state index in [1.54, 1.807) is 0 Å². The van der Waals surface area contributed by atoms with E-state index in [1.807, 2.05) is 62.4 Å². The van der Waals surface area contributed by atoms with E-state index in [1.165, 1.54) is 9.80 Å². The lowest BCUT2D eigenvalue weighted by atomic mass is 10.1. The minimum absolute atomic E-state index is 0.312. The Labute approximate surface area is 186 Å². The SMILES string of the molecule is Cc1ccccc1OC[C@@H](O)C[NH+]1CC[NH+](C[C@H](O)COc2ccccc2C)[C@H](C)C1. The van der Waals surface area contributed by atoms with Crippen LogP contribution >= 0.6 is 0 Å². The first-order valence-electron chi connectivity index (χ1n) is 11.3. The molecule has 0 amide bonds. The van der Waals surface area contributed by atoms with Gasteiger partial charge in [0.1, 0.15) is 75.7 Å². The molecule has 2 unspecified atom stereocenters. The molecule has 1 saturated heterocycles. The molecule has 6 heteroatoms. The van der Waals surface area contributed by atoms with Gasteiger partial charge in [-0.3, -0.25) is 0 Å². The lowest BCUT2D eigenvalue weighted by Gasteiger charge is -2.36. The van der Waals surface area contributed by atoms with Crippen LogP contribution < -0.4 is 19.3 Å². The molecule has 31 heavy (non-hydrogen) atoms. The van der Waals surface area contributed by atoms with Crippen molar-refractivity contribution < 1.29 is 29.5 Å². The number of para-hydroxylation sites is 2. The molecule has 1 heterocycles. The minimum atomic E-state index is -0.494. The van der Waals surface area contributed by atoms with Crippen LogP contribution in [0, 0.1) is 13.8 Å². The summed E-state index contributed by atoms with van der Waals surface area (Å²) in [5, 5.41) is 20.9. The second-order valence-corrected chi connectivity index (χ2v) is 8.88. The number of aryl methyl sites for hydroxylation is 2. The van der Waals surface area contributed by atoms with Crippen molar-refractivity contribution in [3.05, 3.63) is 59.7 Å². The number of benzene rings is 2. The Bertz CT molecular complexity index is 816. The number of hydrogen-bond acceptors (Lipinski definition) is 4. The Morgan fingerprint density at radius 2 is 1.35 bits per heavy atom.